The number of nitrogen functional groups attached to an aromatic ring is 1. The van der Waals surface area contributed by atoms with E-state index < -0.39 is 11.8 Å². The van der Waals surface area contributed by atoms with Crippen LogP contribution >= 0.6 is 0 Å². The van der Waals surface area contributed by atoms with Gasteiger partial charge in [0.2, 0.25) is 0 Å². The van der Waals surface area contributed by atoms with Crippen molar-refractivity contribution in [1.82, 2.24) is 4.90 Å². The Bertz CT molecular complexity index is 492. The Morgan fingerprint density at radius 1 is 1.45 bits per heavy atom. The summed E-state index contributed by atoms with van der Waals surface area (Å²) in [5, 5.41) is 9.30. The second kappa shape index (κ2) is 6.56. The van der Waals surface area contributed by atoms with Gasteiger partial charge in [-0.1, -0.05) is 0 Å². The van der Waals surface area contributed by atoms with Crippen LogP contribution in [-0.4, -0.2) is 49.2 Å². The summed E-state index contributed by atoms with van der Waals surface area (Å²) < 4.78 is 13.5. The zero-order valence-corrected chi connectivity index (χ0v) is 12.4. The first-order valence-corrected chi connectivity index (χ1v) is 6.52. The summed E-state index contributed by atoms with van der Waals surface area (Å²) in [6, 6.07) is 2.77. The van der Waals surface area contributed by atoms with Crippen molar-refractivity contribution in [2.75, 3.05) is 37.8 Å². The third-order valence-electron chi connectivity index (χ3n) is 3.20. The minimum atomic E-state index is -1.22. The van der Waals surface area contributed by atoms with Crippen LogP contribution in [0.3, 0.4) is 0 Å². The highest BCUT2D eigenvalue weighted by Crippen LogP contribution is 2.29. The quantitative estimate of drug-likeness (QED) is 0.780. The fraction of sp³-hybridized carbons (Fsp3) is 0.500. The summed E-state index contributed by atoms with van der Waals surface area (Å²) in [5.74, 6) is -1.92. The molecular formula is C14H22FN3O2. The number of carbonyl (C=O) groups is 1. The van der Waals surface area contributed by atoms with Crippen molar-refractivity contribution in [2.24, 2.45) is 0 Å². The molecule has 0 saturated carbocycles. The van der Waals surface area contributed by atoms with Gasteiger partial charge in [0.15, 0.2) is 0 Å². The van der Waals surface area contributed by atoms with Gasteiger partial charge in [-0.05, 0) is 40.1 Å². The molecule has 1 atom stereocenters. The van der Waals surface area contributed by atoms with Crippen molar-refractivity contribution >= 4 is 17.3 Å². The van der Waals surface area contributed by atoms with Gasteiger partial charge < -0.3 is 20.6 Å². The fourth-order valence-electron chi connectivity index (χ4n) is 2.39. The monoisotopic (exact) mass is 283 g/mol. The molecule has 0 aliphatic heterocycles. The molecule has 0 heterocycles. The van der Waals surface area contributed by atoms with Crippen LogP contribution in [0, 0.1) is 5.82 Å². The lowest BCUT2D eigenvalue weighted by Gasteiger charge is -2.33. The number of nitrogens with zero attached hydrogens (tertiary/aromatic N) is 2. The predicted molar refractivity (Wildman–Crippen MR) is 78.8 cm³/mol. The molecule has 0 aromatic heterocycles. The van der Waals surface area contributed by atoms with Gasteiger partial charge >= 0.3 is 5.97 Å². The summed E-state index contributed by atoms with van der Waals surface area (Å²) in [7, 11) is 3.89. The van der Waals surface area contributed by atoms with Crippen LogP contribution in [0.1, 0.15) is 24.2 Å². The molecule has 20 heavy (non-hydrogen) atoms. The van der Waals surface area contributed by atoms with Crippen molar-refractivity contribution in [3.8, 4) is 0 Å². The standard InChI is InChI=1S/C14H22FN3O2/c1-5-18(9(2)8-17(3)4)11-7-6-10(15)13(16)12(11)14(19)20/h6-7,9H,5,8,16H2,1-4H3,(H,19,20). The highest BCUT2D eigenvalue weighted by atomic mass is 19.1. The first kappa shape index (κ1) is 16.2. The first-order valence-electron chi connectivity index (χ1n) is 6.52. The summed E-state index contributed by atoms with van der Waals surface area (Å²) in [6.45, 7) is 5.29. The molecule has 1 aromatic rings. The maximum Gasteiger partial charge on any atom is 0.340 e. The maximum atomic E-state index is 13.5. The first-order chi connectivity index (χ1) is 9.29. The third-order valence-corrected chi connectivity index (χ3v) is 3.20. The summed E-state index contributed by atoms with van der Waals surface area (Å²) >= 11 is 0. The molecule has 1 unspecified atom stereocenters. The molecule has 0 saturated heterocycles. The van der Waals surface area contributed by atoms with Crippen LogP contribution in [0.4, 0.5) is 15.8 Å². The Kier molecular flexibility index (Phi) is 5.33. The van der Waals surface area contributed by atoms with Crippen LogP contribution in [-0.2, 0) is 0 Å². The largest absolute Gasteiger partial charge is 0.478 e. The number of anilines is 2. The Hall–Kier alpha value is -1.82. The molecule has 0 bridgehead atoms. The SMILES string of the molecule is CCN(c1ccc(F)c(N)c1C(=O)O)C(C)CN(C)C. The second-order valence-electron chi connectivity index (χ2n) is 5.06. The van der Waals surface area contributed by atoms with E-state index in [9.17, 15) is 14.3 Å². The molecule has 0 radical (unpaired) electrons. The van der Waals surface area contributed by atoms with Crippen molar-refractivity contribution in [1.29, 1.82) is 0 Å². The smallest absolute Gasteiger partial charge is 0.340 e. The molecule has 6 heteroatoms. The number of carboxylic acids is 1. The lowest BCUT2D eigenvalue weighted by atomic mass is 10.1. The Morgan fingerprint density at radius 3 is 2.50 bits per heavy atom. The van der Waals surface area contributed by atoms with E-state index in [0.29, 0.717) is 12.2 Å². The van der Waals surface area contributed by atoms with E-state index >= 15 is 0 Å². The number of hydrogen-bond donors (Lipinski definition) is 2. The Balaban J connectivity index is 3.28. The van der Waals surface area contributed by atoms with Gasteiger partial charge in [-0.25, -0.2) is 9.18 Å². The van der Waals surface area contributed by atoms with Crippen LogP contribution in [0.5, 0.6) is 0 Å². The van der Waals surface area contributed by atoms with Crippen molar-refractivity contribution in [3.63, 3.8) is 0 Å². The Morgan fingerprint density at radius 2 is 2.05 bits per heavy atom. The van der Waals surface area contributed by atoms with Gasteiger partial charge in [0.05, 0.1) is 11.4 Å². The normalized spacial score (nSPS) is 12.5. The van der Waals surface area contributed by atoms with Crippen LogP contribution in [0.15, 0.2) is 12.1 Å². The molecule has 0 amide bonds. The number of benzene rings is 1. The van der Waals surface area contributed by atoms with Crippen LogP contribution in [0.25, 0.3) is 0 Å². The zero-order chi connectivity index (χ0) is 15.4. The molecule has 0 aliphatic carbocycles. The van der Waals surface area contributed by atoms with Crippen molar-refractivity contribution in [3.05, 3.63) is 23.5 Å². The number of aromatic carboxylic acids is 1. The van der Waals surface area contributed by atoms with Gasteiger partial charge in [-0.3, -0.25) is 0 Å². The van der Waals surface area contributed by atoms with E-state index in [-0.39, 0.29) is 17.3 Å². The lowest BCUT2D eigenvalue weighted by molar-refractivity contribution is 0.0698. The average molecular weight is 283 g/mol. The number of rotatable bonds is 6. The summed E-state index contributed by atoms with van der Waals surface area (Å²) in [6.07, 6.45) is 0. The van der Waals surface area contributed by atoms with Gasteiger partial charge in [-0.15, -0.1) is 0 Å². The van der Waals surface area contributed by atoms with Gasteiger partial charge in [0.25, 0.3) is 0 Å². The highest BCUT2D eigenvalue weighted by Gasteiger charge is 2.23. The number of likely N-dealkylation sites (N-methyl/N-ethyl adjacent to an activating group) is 2. The van der Waals surface area contributed by atoms with Crippen LogP contribution < -0.4 is 10.6 Å². The van der Waals surface area contributed by atoms with E-state index in [4.69, 9.17) is 5.73 Å². The fourth-order valence-corrected chi connectivity index (χ4v) is 2.39. The molecule has 0 spiro atoms. The Labute approximate surface area is 118 Å². The number of halogens is 1. The van der Waals surface area contributed by atoms with Crippen molar-refractivity contribution < 1.29 is 14.3 Å². The molecule has 0 aliphatic rings. The van der Waals surface area contributed by atoms with Crippen molar-refractivity contribution in [2.45, 2.75) is 19.9 Å². The predicted octanol–water partition coefficient (Wildman–Crippen LogP) is 1.88. The van der Waals surface area contributed by atoms with Gasteiger partial charge in [0.1, 0.15) is 11.4 Å². The molecule has 5 nitrogen and oxygen atoms in total. The average Bonchev–Trinajstić information content (AvgIpc) is 2.33. The zero-order valence-electron chi connectivity index (χ0n) is 12.4. The molecule has 0 fully saturated rings. The van der Waals surface area contributed by atoms with E-state index in [2.05, 4.69) is 0 Å². The summed E-state index contributed by atoms with van der Waals surface area (Å²) in [5.41, 5.74) is 5.55. The molecule has 1 rings (SSSR count). The highest BCUT2D eigenvalue weighted by molar-refractivity contribution is 6.00. The molecular weight excluding hydrogens is 261 g/mol. The number of hydrogen-bond acceptors (Lipinski definition) is 4. The number of nitrogens with two attached hydrogens (primary N) is 1. The summed E-state index contributed by atoms with van der Waals surface area (Å²) in [4.78, 5) is 15.3. The second-order valence-corrected chi connectivity index (χ2v) is 5.06. The maximum absolute atomic E-state index is 13.5. The van der Waals surface area contributed by atoms with Gasteiger partial charge in [-0.2, -0.15) is 0 Å². The minimum absolute atomic E-state index is 0.0814. The lowest BCUT2D eigenvalue weighted by Crippen LogP contribution is -2.41. The minimum Gasteiger partial charge on any atom is -0.478 e. The van der Waals surface area contributed by atoms with E-state index in [1.165, 1.54) is 12.1 Å². The van der Waals surface area contributed by atoms with E-state index in [0.717, 1.165) is 6.54 Å². The van der Waals surface area contributed by atoms with E-state index in [1.54, 1.807) is 0 Å². The number of carboxylic acid groups (broad SMARTS) is 1. The third kappa shape index (κ3) is 3.39. The van der Waals surface area contributed by atoms with E-state index in [1.807, 2.05) is 37.7 Å². The molecule has 1 aromatic carbocycles. The molecule has 3 N–H and O–H groups in total. The molecule has 112 valence electrons. The topological polar surface area (TPSA) is 69.8 Å². The van der Waals surface area contributed by atoms with Gasteiger partial charge in [0, 0.05) is 19.1 Å². The van der Waals surface area contributed by atoms with Crippen LogP contribution in [0.2, 0.25) is 0 Å².